The van der Waals surface area contributed by atoms with Crippen molar-refractivity contribution >= 4 is 21.8 Å². The maximum absolute atomic E-state index is 13.1. The summed E-state index contributed by atoms with van der Waals surface area (Å²) in [5.41, 5.74) is 0.237. The zero-order valence-electron chi connectivity index (χ0n) is 17.5. The zero-order chi connectivity index (χ0) is 21.2. The van der Waals surface area contributed by atoms with Gasteiger partial charge in [0.05, 0.1) is 5.75 Å². The smallest absolute Gasteiger partial charge is 0.245 e. The minimum Gasteiger partial charge on any atom is -0.338 e. The molecule has 2 saturated heterocycles. The van der Waals surface area contributed by atoms with Gasteiger partial charge in [-0.15, -0.1) is 0 Å². The first-order chi connectivity index (χ1) is 13.6. The molecule has 0 aliphatic carbocycles. The summed E-state index contributed by atoms with van der Waals surface area (Å²) in [6, 6.07) is 8.70. The molecule has 2 aliphatic rings. The van der Waals surface area contributed by atoms with Crippen LogP contribution in [-0.2, 0) is 25.4 Å². The van der Waals surface area contributed by atoms with Gasteiger partial charge < -0.3 is 9.80 Å². The molecule has 1 aromatic rings. The lowest BCUT2D eigenvalue weighted by molar-refractivity contribution is -0.148. The lowest BCUT2D eigenvalue weighted by Crippen LogP contribution is -2.56. The van der Waals surface area contributed by atoms with Crippen LogP contribution in [0.15, 0.2) is 30.3 Å². The number of benzene rings is 1. The molecule has 160 valence electrons. The van der Waals surface area contributed by atoms with Crippen molar-refractivity contribution in [1.82, 2.24) is 14.1 Å². The number of carbonyl (C=O) groups is 2. The average Bonchev–Trinajstić information content (AvgIpc) is 3.16. The van der Waals surface area contributed by atoms with Gasteiger partial charge in [-0.05, 0) is 18.4 Å². The number of piperazine rings is 1. The number of hydrogen-bond donors (Lipinski definition) is 0. The molecule has 7 nitrogen and oxygen atoms in total. The Bertz CT molecular complexity index is 840. The molecule has 3 rings (SSSR count). The van der Waals surface area contributed by atoms with Crippen molar-refractivity contribution < 1.29 is 18.0 Å². The Balaban J connectivity index is 1.60. The van der Waals surface area contributed by atoms with Crippen LogP contribution >= 0.6 is 0 Å². The second kappa shape index (κ2) is 8.44. The van der Waals surface area contributed by atoms with E-state index < -0.39 is 21.5 Å². The second-order valence-corrected chi connectivity index (χ2v) is 10.8. The van der Waals surface area contributed by atoms with Crippen molar-refractivity contribution in [2.45, 2.75) is 45.4 Å². The van der Waals surface area contributed by atoms with E-state index in [0.29, 0.717) is 39.1 Å². The van der Waals surface area contributed by atoms with E-state index in [2.05, 4.69) is 0 Å². The van der Waals surface area contributed by atoms with Crippen molar-refractivity contribution in [3.63, 3.8) is 0 Å². The van der Waals surface area contributed by atoms with Gasteiger partial charge in [0.2, 0.25) is 21.8 Å². The molecule has 0 spiro atoms. The van der Waals surface area contributed by atoms with Crippen LogP contribution in [-0.4, -0.2) is 73.1 Å². The summed E-state index contributed by atoms with van der Waals surface area (Å²) in [5, 5.41) is 0. The van der Waals surface area contributed by atoms with E-state index in [4.69, 9.17) is 0 Å². The van der Waals surface area contributed by atoms with Crippen molar-refractivity contribution in [3.05, 3.63) is 35.9 Å². The average molecular weight is 422 g/mol. The molecular formula is C21H31N3O4S. The van der Waals surface area contributed by atoms with E-state index in [1.54, 1.807) is 21.9 Å². The summed E-state index contributed by atoms with van der Waals surface area (Å²) in [7, 11) is -3.42. The van der Waals surface area contributed by atoms with Crippen molar-refractivity contribution in [2.24, 2.45) is 5.41 Å². The van der Waals surface area contributed by atoms with Gasteiger partial charge in [-0.25, -0.2) is 8.42 Å². The van der Waals surface area contributed by atoms with E-state index in [9.17, 15) is 18.0 Å². The number of likely N-dealkylation sites (tertiary alicyclic amines) is 1. The molecule has 0 aromatic heterocycles. The maximum atomic E-state index is 13.1. The highest BCUT2D eigenvalue weighted by atomic mass is 32.2. The van der Waals surface area contributed by atoms with Crippen molar-refractivity contribution in [1.29, 1.82) is 0 Å². The van der Waals surface area contributed by atoms with Crippen LogP contribution in [0.3, 0.4) is 0 Å². The minimum absolute atomic E-state index is 0.00238. The van der Waals surface area contributed by atoms with E-state index in [1.807, 2.05) is 39.0 Å². The predicted octanol–water partition coefficient (Wildman–Crippen LogP) is 1.70. The van der Waals surface area contributed by atoms with Gasteiger partial charge in [0.15, 0.2) is 0 Å². The minimum atomic E-state index is -3.42. The maximum Gasteiger partial charge on any atom is 0.245 e. The molecule has 0 N–H and O–H groups in total. The lowest BCUT2D eigenvalue weighted by Gasteiger charge is -2.37. The number of hydrogen-bond acceptors (Lipinski definition) is 4. The van der Waals surface area contributed by atoms with E-state index >= 15 is 0 Å². The first-order valence-corrected chi connectivity index (χ1v) is 11.8. The zero-order valence-corrected chi connectivity index (χ0v) is 18.3. The topological polar surface area (TPSA) is 78.0 Å². The van der Waals surface area contributed by atoms with E-state index in [0.717, 1.165) is 12.0 Å². The third-order valence-electron chi connectivity index (χ3n) is 5.58. The molecular weight excluding hydrogens is 390 g/mol. The van der Waals surface area contributed by atoms with Crippen LogP contribution in [0.1, 0.15) is 39.2 Å². The van der Waals surface area contributed by atoms with Crippen LogP contribution in [0.4, 0.5) is 0 Å². The Kier molecular flexibility index (Phi) is 6.33. The molecule has 29 heavy (non-hydrogen) atoms. The Morgan fingerprint density at radius 1 is 1.00 bits per heavy atom. The quantitative estimate of drug-likeness (QED) is 0.741. The fraction of sp³-hybridized carbons (Fsp3) is 0.619. The van der Waals surface area contributed by atoms with Crippen LogP contribution < -0.4 is 0 Å². The first kappa shape index (κ1) is 21.8. The molecule has 0 bridgehead atoms. The molecule has 2 aliphatic heterocycles. The molecule has 2 amide bonds. The summed E-state index contributed by atoms with van der Waals surface area (Å²) in [4.78, 5) is 29.2. The first-order valence-electron chi connectivity index (χ1n) is 10.2. The number of carbonyl (C=O) groups excluding carboxylic acids is 2. The molecule has 0 radical (unpaired) electrons. The summed E-state index contributed by atoms with van der Waals surface area (Å²) >= 11 is 0. The fourth-order valence-electron chi connectivity index (χ4n) is 3.97. The van der Waals surface area contributed by atoms with Gasteiger partial charge >= 0.3 is 0 Å². The molecule has 0 saturated carbocycles. The molecule has 1 atom stereocenters. The van der Waals surface area contributed by atoms with Crippen molar-refractivity contribution in [2.75, 3.05) is 32.7 Å². The van der Waals surface area contributed by atoms with E-state index in [1.165, 1.54) is 4.31 Å². The molecule has 1 unspecified atom stereocenters. The van der Waals surface area contributed by atoms with Gasteiger partial charge in [-0.1, -0.05) is 51.1 Å². The Morgan fingerprint density at radius 3 is 2.21 bits per heavy atom. The van der Waals surface area contributed by atoms with E-state index in [-0.39, 0.29) is 17.6 Å². The van der Waals surface area contributed by atoms with Crippen LogP contribution in [0.2, 0.25) is 0 Å². The fourth-order valence-corrected chi connectivity index (χ4v) is 5.49. The van der Waals surface area contributed by atoms with Gasteiger partial charge in [0, 0.05) is 38.1 Å². The van der Waals surface area contributed by atoms with Gasteiger partial charge in [-0.3, -0.25) is 9.59 Å². The summed E-state index contributed by atoms with van der Waals surface area (Å²) < 4.78 is 26.9. The van der Waals surface area contributed by atoms with Gasteiger partial charge in [0.1, 0.15) is 6.04 Å². The Hall–Kier alpha value is -1.93. The lowest BCUT2D eigenvalue weighted by atomic mass is 9.94. The third kappa shape index (κ3) is 4.98. The summed E-state index contributed by atoms with van der Waals surface area (Å²) in [6.07, 6.45) is 1.50. The van der Waals surface area contributed by atoms with Crippen LogP contribution in [0.25, 0.3) is 0 Å². The highest BCUT2D eigenvalue weighted by Gasteiger charge is 2.41. The highest BCUT2D eigenvalue weighted by Crippen LogP contribution is 2.27. The monoisotopic (exact) mass is 421 g/mol. The normalized spacial score (nSPS) is 21.4. The standard InChI is InChI=1S/C21H31N3O4S/c1-21(2,3)20(26)24-11-7-10-18(24)19(25)22-12-14-23(15-13-22)29(27,28)16-17-8-5-4-6-9-17/h4-6,8-9,18H,7,10-16H2,1-3H3. The predicted molar refractivity (Wildman–Crippen MR) is 111 cm³/mol. The number of rotatable bonds is 4. The van der Waals surface area contributed by atoms with Crippen LogP contribution in [0.5, 0.6) is 0 Å². The molecule has 2 fully saturated rings. The molecule has 1 aromatic carbocycles. The second-order valence-electron chi connectivity index (χ2n) is 8.87. The number of nitrogens with zero attached hydrogens (tertiary/aromatic N) is 3. The Morgan fingerprint density at radius 2 is 1.62 bits per heavy atom. The molecule has 8 heteroatoms. The van der Waals surface area contributed by atoms with Gasteiger partial charge in [-0.2, -0.15) is 4.31 Å². The largest absolute Gasteiger partial charge is 0.338 e. The Labute approximate surface area is 173 Å². The summed E-state index contributed by atoms with van der Waals surface area (Å²) in [6.45, 7) is 7.52. The van der Waals surface area contributed by atoms with Crippen molar-refractivity contribution in [3.8, 4) is 0 Å². The number of sulfonamides is 1. The SMILES string of the molecule is CC(C)(C)C(=O)N1CCCC1C(=O)N1CCN(S(=O)(=O)Cc2ccccc2)CC1. The van der Waals surface area contributed by atoms with Gasteiger partial charge in [0.25, 0.3) is 0 Å². The third-order valence-corrected chi connectivity index (χ3v) is 7.43. The number of amides is 2. The molecule has 2 heterocycles. The summed E-state index contributed by atoms with van der Waals surface area (Å²) in [5.74, 6) is -0.0872. The highest BCUT2D eigenvalue weighted by molar-refractivity contribution is 7.88. The van der Waals surface area contributed by atoms with Crippen LogP contribution in [0, 0.1) is 5.41 Å².